The van der Waals surface area contributed by atoms with E-state index in [1.54, 1.807) is 4.90 Å². The average Bonchev–Trinajstić information content (AvgIpc) is 2.73. The van der Waals surface area contributed by atoms with E-state index in [-0.39, 0.29) is 18.4 Å². The zero-order valence-corrected chi connectivity index (χ0v) is 16.3. The second kappa shape index (κ2) is 9.37. The Kier molecular flexibility index (Phi) is 6.66. The lowest BCUT2D eigenvalue weighted by molar-refractivity contribution is -0.155. The molecule has 1 aliphatic heterocycles. The molecule has 0 radical (unpaired) electrons. The Morgan fingerprint density at radius 3 is 2.57 bits per heavy atom. The van der Waals surface area contributed by atoms with E-state index >= 15 is 0 Å². The molecule has 2 aromatic carbocycles. The fourth-order valence-electron chi connectivity index (χ4n) is 3.35. The summed E-state index contributed by atoms with van der Waals surface area (Å²) < 4.78 is 11.4. The molecule has 1 heterocycles. The van der Waals surface area contributed by atoms with Gasteiger partial charge in [0.1, 0.15) is 12.4 Å². The van der Waals surface area contributed by atoms with E-state index in [1.807, 2.05) is 68.4 Å². The maximum Gasteiger partial charge on any atom is 0.254 e. The van der Waals surface area contributed by atoms with Gasteiger partial charge in [-0.3, -0.25) is 9.59 Å². The van der Waals surface area contributed by atoms with Crippen LogP contribution in [-0.4, -0.2) is 42.6 Å². The van der Waals surface area contributed by atoms with Crippen LogP contribution in [0.15, 0.2) is 54.6 Å². The summed E-state index contributed by atoms with van der Waals surface area (Å²) in [6.07, 6.45) is -0.765. The largest absolute Gasteiger partial charge is 0.494 e. The van der Waals surface area contributed by atoms with Gasteiger partial charge < -0.3 is 19.7 Å². The molecule has 0 bridgehead atoms. The van der Waals surface area contributed by atoms with E-state index in [1.165, 1.54) is 0 Å². The van der Waals surface area contributed by atoms with Gasteiger partial charge in [-0.1, -0.05) is 48.5 Å². The normalized spacial score (nSPS) is 19.0. The summed E-state index contributed by atoms with van der Waals surface area (Å²) in [5, 5.41) is 2.90. The standard InChI is InChI=1S/C22H26N2O4/c1-3-24(14-17-12-8-9-13-18(17)27-4-2)22(26)21-20(23-19(25)15-28-21)16-10-6-5-7-11-16/h5-13,20-21H,3-4,14-15H2,1-2H3,(H,23,25)/t20-,21+/m1/s1. The van der Waals surface area contributed by atoms with Crippen molar-refractivity contribution in [3.8, 4) is 5.75 Å². The molecule has 0 spiro atoms. The van der Waals surface area contributed by atoms with Crippen molar-refractivity contribution in [3.63, 3.8) is 0 Å². The van der Waals surface area contributed by atoms with E-state index in [2.05, 4.69) is 5.32 Å². The quantitative estimate of drug-likeness (QED) is 0.800. The summed E-state index contributed by atoms with van der Waals surface area (Å²) >= 11 is 0. The van der Waals surface area contributed by atoms with E-state index in [4.69, 9.17) is 9.47 Å². The number of hydrogen-bond donors (Lipinski definition) is 1. The fraction of sp³-hybridized carbons (Fsp3) is 0.364. The number of morpholine rings is 1. The van der Waals surface area contributed by atoms with Crippen molar-refractivity contribution in [2.75, 3.05) is 19.8 Å². The molecule has 2 aromatic rings. The topological polar surface area (TPSA) is 67.9 Å². The molecule has 3 rings (SSSR count). The zero-order chi connectivity index (χ0) is 19.9. The van der Waals surface area contributed by atoms with Crippen LogP contribution >= 0.6 is 0 Å². The number of carbonyl (C=O) groups is 2. The van der Waals surface area contributed by atoms with Crippen molar-refractivity contribution in [3.05, 3.63) is 65.7 Å². The van der Waals surface area contributed by atoms with Gasteiger partial charge in [0, 0.05) is 18.7 Å². The molecule has 148 valence electrons. The van der Waals surface area contributed by atoms with Crippen molar-refractivity contribution in [1.29, 1.82) is 0 Å². The smallest absolute Gasteiger partial charge is 0.254 e. The predicted octanol–water partition coefficient (Wildman–Crippen LogP) is 2.69. The number of likely N-dealkylation sites (N-methyl/N-ethyl adjacent to an activating group) is 1. The van der Waals surface area contributed by atoms with Crippen LogP contribution in [0.1, 0.15) is 31.0 Å². The number of nitrogens with one attached hydrogen (secondary N) is 1. The van der Waals surface area contributed by atoms with Crippen LogP contribution in [0.4, 0.5) is 0 Å². The van der Waals surface area contributed by atoms with Crippen molar-refractivity contribution < 1.29 is 19.1 Å². The minimum Gasteiger partial charge on any atom is -0.494 e. The third-order valence-corrected chi connectivity index (χ3v) is 4.74. The van der Waals surface area contributed by atoms with E-state index < -0.39 is 12.1 Å². The fourth-order valence-corrected chi connectivity index (χ4v) is 3.35. The molecule has 6 heteroatoms. The highest BCUT2D eigenvalue weighted by atomic mass is 16.5. The molecular weight excluding hydrogens is 356 g/mol. The molecule has 1 N–H and O–H groups in total. The van der Waals surface area contributed by atoms with Gasteiger partial charge in [-0.25, -0.2) is 0 Å². The van der Waals surface area contributed by atoms with Crippen LogP contribution in [0.2, 0.25) is 0 Å². The lowest BCUT2D eigenvalue weighted by Crippen LogP contribution is -2.53. The summed E-state index contributed by atoms with van der Waals surface area (Å²) in [5.74, 6) is 0.402. The Bertz CT molecular complexity index is 809. The highest BCUT2D eigenvalue weighted by molar-refractivity contribution is 5.86. The van der Waals surface area contributed by atoms with Gasteiger partial charge in [-0.05, 0) is 25.5 Å². The van der Waals surface area contributed by atoms with Gasteiger partial charge in [-0.15, -0.1) is 0 Å². The Morgan fingerprint density at radius 1 is 1.14 bits per heavy atom. The molecule has 2 atom stereocenters. The van der Waals surface area contributed by atoms with Crippen molar-refractivity contribution in [2.45, 2.75) is 32.5 Å². The van der Waals surface area contributed by atoms with Crippen LogP contribution in [0.5, 0.6) is 5.75 Å². The highest BCUT2D eigenvalue weighted by Crippen LogP contribution is 2.26. The minimum atomic E-state index is -0.765. The Hall–Kier alpha value is -2.86. The van der Waals surface area contributed by atoms with Crippen molar-refractivity contribution in [2.24, 2.45) is 0 Å². The number of carbonyl (C=O) groups excluding carboxylic acids is 2. The van der Waals surface area contributed by atoms with Gasteiger partial charge >= 0.3 is 0 Å². The molecule has 0 unspecified atom stereocenters. The van der Waals surface area contributed by atoms with Gasteiger partial charge in [0.25, 0.3) is 5.91 Å². The van der Waals surface area contributed by atoms with Crippen LogP contribution in [-0.2, 0) is 20.9 Å². The molecule has 28 heavy (non-hydrogen) atoms. The molecule has 0 saturated carbocycles. The summed E-state index contributed by atoms with van der Waals surface area (Å²) in [5.41, 5.74) is 1.79. The number of ether oxygens (including phenoxy) is 2. The second-order valence-corrected chi connectivity index (χ2v) is 6.58. The lowest BCUT2D eigenvalue weighted by atomic mass is 9.98. The Balaban J connectivity index is 1.82. The number of nitrogens with zero attached hydrogens (tertiary/aromatic N) is 1. The highest BCUT2D eigenvalue weighted by Gasteiger charge is 2.38. The number of para-hydroxylation sites is 1. The van der Waals surface area contributed by atoms with Crippen molar-refractivity contribution in [1.82, 2.24) is 10.2 Å². The van der Waals surface area contributed by atoms with Gasteiger partial charge in [0.15, 0.2) is 6.10 Å². The number of benzene rings is 2. The Labute approximate surface area is 165 Å². The Morgan fingerprint density at radius 2 is 1.86 bits per heavy atom. The summed E-state index contributed by atoms with van der Waals surface area (Å²) in [6.45, 7) is 5.25. The monoisotopic (exact) mass is 382 g/mol. The third kappa shape index (κ3) is 4.51. The molecule has 0 aromatic heterocycles. The number of rotatable bonds is 7. The number of hydrogen-bond acceptors (Lipinski definition) is 4. The third-order valence-electron chi connectivity index (χ3n) is 4.74. The molecule has 1 aliphatic rings. The lowest BCUT2D eigenvalue weighted by Gasteiger charge is -2.35. The first-order chi connectivity index (χ1) is 13.6. The first-order valence-electron chi connectivity index (χ1n) is 9.59. The molecule has 0 aliphatic carbocycles. The van der Waals surface area contributed by atoms with Crippen LogP contribution in [0.3, 0.4) is 0 Å². The van der Waals surface area contributed by atoms with Crippen LogP contribution in [0.25, 0.3) is 0 Å². The van der Waals surface area contributed by atoms with E-state index in [9.17, 15) is 9.59 Å². The van der Waals surface area contributed by atoms with Gasteiger partial charge in [0.2, 0.25) is 5.91 Å². The summed E-state index contributed by atoms with van der Waals surface area (Å²) in [7, 11) is 0. The van der Waals surface area contributed by atoms with Crippen LogP contribution in [0, 0.1) is 0 Å². The summed E-state index contributed by atoms with van der Waals surface area (Å²) in [6, 6.07) is 16.6. The predicted molar refractivity (Wildman–Crippen MR) is 106 cm³/mol. The van der Waals surface area contributed by atoms with Crippen LogP contribution < -0.4 is 10.1 Å². The molecular formula is C22H26N2O4. The molecule has 2 amide bonds. The van der Waals surface area contributed by atoms with Gasteiger partial charge in [0.05, 0.1) is 12.6 Å². The molecule has 1 fully saturated rings. The number of amides is 2. The second-order valence-electron chi connectivity index (χ2n) is 6.58. The first-order valence-corrected chi connectivity index (χ1v) is 9.59. The maximum absolute atomic E-state index is 13.3. The SMILES string of the molecule is CCOc1ccccc1CN(CC)C(=O)[C@H]1OCC(=O)N[C@@H]1c1ccccc1. The van der Waals surface area contributed by atoms with E-state index in [0.29, 0.717) is 19.7 Å². The maximum atomic E-state index is 13.3. The minimum absolute atomic E-state index is 0.118. The van der Waals surface area contributed by atoms with Crippen molar-refractivity contribution >= 4 is 11.8 Å². The van der Waals surface area contributed by atoms with E-state index in [0.717, 1.165) is 16.9 Å². The first kappa shape index (κ1) is 19.9. The molecule has 1 saturated heterocycles. The molecule has 6 nitrogen and oxygen atoms in total. The summed E-state index contributed by atoms with van der Waals surface area (Å²) in [4.78, 5) is 26.9. The average molecular weight is 382 g/mol. The van der Waals surface area contributed by atoms with Gasteiger partial charge in [-0.2, -0.15) is 0 Å². The zero-order valence-electron chi connectivity index (χ0n) is 16.3.